The molecule has 77 heavy (non-hydrogen) atoms. The van der Waals surface area contributed by atoms with Gasteiger partial charge in [0.2, 0.25) is 0 Å². The Kier molecular flexibility index (Phi) is 22.6. The second-order valence-corrected chi connectivity index (χ2v) is 23.5. The van der Waals surface area contributed by atoms with Crippen LogP contribution in [0.5, 0.6) is 0 Å². The van der Waals surface area contributed by atoms with E-state index in [1.165, 1.54) is 38.9 Å². The minimum absolute atomic E-state index is 0.134. The average molecular weight is 1050 g/mol. The molecule has 5 nitrogen and oxygen atoms in total. The molecule has 0 unspecified atom stereocenters. The molecular formula is C70H87ClFN5. The van der Waals surface area contributed by atoms with Gasteiger partial charge in [-0.2, -0.15) is 0 Å². The monoisotopic (exact) mass is 1050 g/mol. The van der Waals surface area contributed by atoms with Crippen LogP contribution in [0.2, 0.25) is 5.02 Å². The molecule has 0 aliphatic carbocycles. The van der Waals surface area contributed by atoms with Gasteiger partial charge >= 0.3 is 0 Å². The molecule has 0 aliphatic heterocycles. The zero-order valence-electron chi connectivity index (χ0n) is 49.8. The SMILES string of the molecule is CC(C)c1ccc(-c2ccc(C(C)C)cn2)cc1.Cc1cc(C(C)C)ncc1-c1ccc(C(C)C)c(Cl)c1.Cc1cc(C(C)C)ncc1-c1ccc(C(C)C)c(F)c1.Cc1cc(C(C)C)ncc1-c1ccc(C(C)C)nc1. The first-order valence-corrected chi connectivity index (χ1v) is 28.3. The van der Waals surface area contributed by atoms with Crippen molar-refractivity contribution in [1.82, 2.24) is 24.9 Å². The van der Waals surface area contributed by atoms with E-state index in [1.54, 1.807) is 6.07 Å². The summed E-state index contributed by atoms with van der Waals surface area (Å²) in [5.41, 5.74) is 21.5. The van der Waals surface area contributed by atoms with Gasteiger partial charge in [0.25, 0.3) is 0 Å². The van der Waals surface area contributed by atoms with E-state index >= 15 is 0 Å². The van der Waals surface area contributed by atoms with Crippen molar-refractivity contribution in [3.05, 3.63) is 207 Å². The highest BCUT2D eigenvalue weighted by molar-refractivity contribution is 6.31. The first-order valence-electron chi connectivity index (χ1n) is 27.9. The molecule has 7 heteroatoms. The Balaban J connectivity index is 0.000000189. The number of benzene rings is 3. The molecule has 0 fully saturated rings. The Hall–Kier alpha value is -6.37. The predicted molar refractivity (Wildman–Crippen MR) is 328 cm³/mol. The number of hydrogen-bond donors (Lipinski definition) is 0. The van der Waals surface area contributed by atoms with Gasteiger partial charge in [-0.15, -0.1) is 0 Å². The minimum Gasteiger partial charge on any atom is -0.260 e. The van der Waals surface area contributed by atoms with Crippen molar-refractivity contribution >= 4 is 11.6 Å². The Morgan fingerprint density at radius 1 is 0.325 bits per heavy atom. The zero-order valence-corrected chi connectivity index (χ0v) is 50.6. The van der Waals surface area contributed by atoms with Crippen LogP contribution in [0.15, 0.2) is 134 Å². The third-order valence-corrected chi connectivity index (χ3v) is 14.4. The molecule has 0 N–H and O–H groups in total. The maximum atomic E-state index is 14.1. The highest BCUT2D eigenvalue weighted by Gasteiger charge is 2.14. The van der Waals surface area contributed by atoms with E-state index in [0.717, 1.165) is 72.4 Å². The van der Waals surface area contributed by atoms with E-state index in [4.69, 9.17) is 11.6 Å². The summed E-state index contributed by atoms with van der Waals surface area (Å²) in [7, 11) is 0. The molecule has 0 amide bonds. The lowest BCUT2D eigenvalue weighted by Crippen LogP contribution is -1.97. The fourth-order valence-corrected chi connectivity index (χ4v) is 9.17. The van der Waals surface area contributed by atoms with Gasteiger partial charge in [0.1, 0.15) is 5.82 Å². The number of aryl methyl sites for hydroxylation is 3. The molecule has 8 rings (SSSR count). The summed E-state index contributed by atoms with van der Waals surface area (Å²) >= 11 is 6.39. The highest BCUT2D eigenvalue weighted by atomic mass is 35.5. The first kappa shape index (κ1) is 61.5. The lowest BCUT2D eigenvalue weighted by molar-refractivity contribution is 0.599. The normalized spacial score (nSPS) is 11.3. The molecule has 0 aliphatic rings. The third kappa shape index (κ3) is 17.1. The lowest BCUT2D eigenvalue weighted by Gasteiger charge is -2.13. The van der Waals surface area contributed by atoms with Gasteiger partial charge in [0.15, 0.2) is 0 Å². The Morgan fingerprint density at radius 3 is 1.06 bits per heavy atom. The molecule has 0 saturated carbocycles. The smallest absolute Gasteiger partial charge is 0.127 e. The molecule has 8 aromatic rings. The van der Waals surface area contributed by atoms with Crippen molar-refractivity contribution in [3.63, 3.8) is 0 Å². The maximum Gasteiger partial charge on any atom is 0.127 e. The number of aromatic nitrogens is 5. The topological polar surface area (TPSA) is 64.5 Å². The Bertz CT molecular complexity index is 2970. The number of halogens is 2. The van der Waals surface area contributed by atoms with Crippen LogP contribution in [-0.2, 0) is 0 Å². The number of rotatable bonds is 12. The molecule has 406 valence electrons. The van der Waals surface area contributed by atoms with E-state index in [2.05, 4.69) is 228 Å². The van der Waals surface area contributed by atoms with Crippen LogP contribution in [-0.4, -0.2) is 24.9 Å². The van der Waals surface area contributed by atoms with E-state index in [9.17, 15) is 4.39 Å². The first-order chi connectivity index (χ1) is 36.4. The second-order valence-electron chi connectivity index (χ2n) is 23.1. The maximum absolute atomic E-state index is 14.1. The van der Waals surface area contributed by atoms with Crippen LogP contribution in [0.25, 0.3) is 44.6 Å². The Morgan fingerprint density at radius 2 is 0.714 bits per heavy atom. The van der Waals surface area contributed by atoms with Gasteiger partial charge in [-0.1, -0.05) is 183 Å². The van der Waals surface area contributed by atoms with Crippen LogP contribution < -0.4 is 0 Å². The van der Waals surface area contributed by atoms with Crippen molar-refractivity contribution in [2.45, 2.75) is 179 Å². The molecule has 0 bridgehead atoms. The molecule has 0 atom stereocenters. The van der Waals surface area contributed by atoms with Crippen LogP contribution >= 0.6 is 11.6 Å². The van der Waals surface area contributed by atoms with Crippen LogP contribution in [0, 0.1) is 26.6 Å². The standard InChI is InChI=1S/C18H22ClN.C18H22FN.C17H22N2.C17H21N/c2*1-11(2)15-7-6-14(9-17(15)19)16-10-20-18(12(3)4)8-13(16)5;1-11(2)16-7-6-14(9-18-16)15-10-19-17(12(3)4)8-13(15)5;1-12(2)14-5-7-15(8-6-14)17-10-9-16(11-18-17)13(3)4/h2*6-12H,1-5H3;6-12H,1-5H3;5-13H,1-4H3. The van der Waals surface area contributed by atoms with Gasteiger partial charge in [-0.3, -0.25) is 24.9 Å². The fraction of sp³-hybridized carbons (Fsp3) is 0.386. The minimum atomic E-state index is -0.134. The van der Waals surface area contributed by atoms with Crippen LogP contribution in [0.1, 0.15) is 220 Å². The summed E-state index contributed by atoms with van der Waals surface area (Å²) < 4.78 is 14.1. The van der Waals surface area contributed by atoms with Gasteiger partial charge < -0.3 is 0 Å². The van der Waals surface area contributed by atoms with Crippen molar-refractivity contribution in [2.24, 2.45) is 0 Å². The number of pyridine rings is 5. The van der Waals surface area contributed by atoms with Gasteiger partial charge in [-0.25, -0.2) is 4.39 Å². The molecule has 3 aromatic carbocycles. The highest BCUT2D eigenvalue weighted by Crippen LogP contribution is 2.33. The van der Waals surface area contributed by atoms with E-state index in [0.29, 0.717) is 41.4 Å². The molecule has 0 radical (unpaired) electrons. The van der Waals surface area contributed by atoms with Crippen LogP contribution in [0.3, 0.4) is 0 Å². The summed E-state index contributed by atoms with van der Waals surface area (Å²) in [6.07, 6.45) is 9.72. The van der Waals surface area contributed by atoms with Crippen molar-refractivity contribution in [3.8, 4) is 44.6 Å². The van der Waals surface area contributed by atoms with E-state index in [1.807, 2.05) is 57.0 Å². The largest absolute Gasteiger partial charge is 0.260 e. The van der Waals surface area contributed by atoms with Crippen molar-refractivity contribution in [2.75, 3.05) is 0 Å². The molecular weight excluding hydrogens is 965 g/mol. The predicted octanol–water partition coefficient (Wildman–Crippen LogP) is 21.1. The second kappa shape index (κ2) is 28.3. The summed E-state index contributed by atoms with van der Waals surface area (Å²) in [5, 5.41) is 0.838. The molecule has 5 aromatic heterocycles. The molecule has 0 spiro atoms. The summed E-state index contributed by atoms with van der Waals surface area (Å²) in [6.45, 7) is 40.7. The van der Waals surface area contributed by atoms with Gasteiger partial charge in [-0.05, 0) is 161 Å². The number of hydrogen-bond acceptors (Lipinski definition) is 5. The number of nitrogens with zero attached hydrogens (tertiary/aromatic N) is 5. The fourth-order valence-electron chi connectivity index (χ4n) is 8.78. The Labute approximate surface area is 468 Å². The quantitative estimate of drug-likeness (QED) is 0.122. The van der Waals surface area contributed by atoms with Gasteiger partial charge in [0.05, 0.1) is 5.69 Å². The van der Waals surface area contributed by atoms with Gasteiger partial charge in [0, 0.05) is 86.6 Å². The van der Waals surface area contributed by atoms with Crippen LogP contribution in [0.4, 0.5) is 4.39 Å². The lowest BCUT2D eigenvalue weighted by atomic mass is 9.96. The molecule has 0 saturated heterocycles. The van der Waals surface area contributed by atoms with E-state index in [-0.39, 0.29) is 11.7 Å². The van der Waals surface area contributed by atoms with Crippen molar-refractivity contribution in [1.29, 1.82) is 0 Å². The van der Waals surface area contributed by atoms with Crippen molar-refractivity contribution < 1.29 is 4.39 Å². The molecule has 5 heterocycles. The third-order valence-electron chi connectivity index (χ3n) is 14.1. The summed E-state index contributed by atoms with van der Waals surface area (Å²) in [4.78, 5) is 22.7. The average Bonchev–Trinajstić information content (AvgIpc) is 3.38. The summed E-state index contributed by atoms with van der Waals surface area (Å²) in [6, 6.07) is 35.5. The van der Waals surface area contributed by atoms with E-state index < -0.39 is 0 Å². The summed E-state index contributed by atoms with van der Waals surface area (Å²) in [5.74, 6) is 3.42. The zero-order chi connectivity index (χ0) is 56.8.